The lowest BCUT2D eigenvalue weighted by Crippen LogP contribution is -2.05. The number of para-hydroxylation sites is 5. The summed E-state index contributed by atoms with van der Waals surface area (Å²) in [5.74, 6) is 1.72. The average Bonchev–Trinajstić information content (AvgIpc) is 3.98. The fourth-order valence-electron chi connectivity index (χ4n) is 9.45. The van der Waals surface area contributed by atoms with Gasteiger partial charge in [-0.3, -0.25) is 0 Å². The Hall–Kier alpha value is -8.35. The molecule has 61 heavy (non-hydrogen) atoms. The Balaban J connectivity index is 1.17. The van der Waals surface area contributed by atoms with Crippen LogP contribution in [0, 0.1) is 0 Å². The molecule has 0 N–H and O–H groups in total. The molecule has 0 fully saturated rings. The smallest absolute Gasteiger partial charge is 0.166 e. The van der Waals surface area contributed by atoms with Crippen molar-refractivity contribution in [3.05, 3.63) is 200 Å². The molecule has 284 valence electrons. The monoisotopic (exact) mass is 779 g/mol. The lowest BCUT2D eigenvalue weighted by atomic mass is 10.0. The van der Waals surface area contributed by atoms with Gasteiger partial charge in [-0.1, -0.05) is 140 Å². The van der Waals surface area contributed by atoms with Crippen molar-refractivity contribution in [2.75, 3.05) is 0 Å². The lowest BCUT2D eigenvalue weighted by Gasteiger charge is -2.16. The largest absolute Gasteiger partial charge is 0.454 e. The predicted molar refractivity (Wildman–Crippen MR) is 250 cm³/mol. The van der Waals surface area contributed by atoms with E-state index in [-0.39, 0.29) is 0 Å². The molecular weight excluding hydrogens is 747 g/mol. The second-order valence-electron chi connectivity index (χ2n) is 15.6. The number of rotatable bonds is 5. The zero-order valence-electron chi connectivity index (χ0n) is 32.7. The molecule has 0 amide bonds. The van der Waals surface area contributed by atoms with E-state index in [0.717, 1.165) is 99.0 Å². The molecule has 13 rings (SSSR count). The third-order valence-corrected chi connectivity index (χ3v) is 12.1. The third-order valence-electron chi connectivity index (χ3n) is 12.1. The first-order valence-electron chi connectivity index (χ1n) is 20.5. The molecule has 0 atom stereocenters. The van der Waals surface area contributed by atoms with Gasteiger partial charge in [0.05, 0.1) is 22.1 Å². The molecule has 0 unspecified atom stereocenters. The summed E-state index contributed by atoms with van der Waals surface area (Å²) >= 11 is 0. The Bertz CT molecular complexity index is 3880. The molecule has 0 bridgehead atoms. The van der Waals surface area contributed by atoms with Gasteiger partial charge in [0, 0.05) is 54.7 Å². The van der Waals surface area contributed by atoms with Crippen LogP contribution in [-0.4, -0.2) is 24.1 Å². The molecule has 6 heteroatoms. The average molecular weight is 780 g/mol. The lowest BCUT2D eigenvalue weighted by molar-refractivity contribution is 0.666. The van der Waals surface area contributed by atoms with Crippen LogP contribution in [0.2, 0.25) is 0 Å². The highest BCUT2D eigenvalue weighted by Crippen LogP contribution is 2.44. The highest BCUT2D eigenvalue weighted by molar-refractivity contribution is 6.17. The van der Waals surface area contributed by atoms with E-state index in [4.69, 9.17) is 19.4 Å². The first-order valence-corrected chi connectivity index (χ1v) is 20.5. The molecule has 13 aromatic rings. The van der Waals surface area contributed by atoms with Crippen LogP contribution in [0.3, 0.4) is 0 Å². The van der Waals surface area contributed by atoms with E-state index in [1.165, 1.54) is 5.39 Å². The van der Waals surface area contributed by atoms with Crippen LogP contribution in [0.15, 0.2) is 205 Å². The minimum absolute atomic E-state index is 0.548. The highest BCUT2D eigenvalue weighted by atomic mass is 16.3. The minimum Gasteiger partial charge on any atom is -0.454 e. The molecule has 9 aromatic carbocycles. The fraction of sp³-hybridized carbons (Fsp3) is 0. The van der Waals surface area contributed by atoms with Crippen LogP contribution >= 0.6 is 0 Å². The van der Waals surface area contributed by atoms with Gasteiger partial charge >= 0.3 is 0 Å². The normalized spacial score (nSPS) is 11.9. The van der Waals surface area contributed by atoms with Gasteiger partial charge in [0.15, 0.2) is 23.1 Å². The van der Waals surface area contributed by atoms with Gasteiger partial charge in [0.25, 0.3) is 0 Å². The predicted octanol–water partition coefficient (Wildman–Crippen LogP) is 14.1. The van der Waals surface area contributed by atoms with Crippen LogP contribution in [-0.2, 0) is 0 Å². The molecule has 0 saturated heterocycles. The Morgan fingerprint density at radius 1 is 0.361 bits per heavy atom. The maximum atomic E-state index is 6.95. The molecule has 0 radical (unpaired) electrons. The zero-order valence-corrected chi connectivity index (χ0v) is 32.7. The number of furan rings is 1. The van der Waals surface area contributed by atoms with E-state index < -0.39 is 0 Å². The molecule has 6 nitrogen and oxygen atoms in total. The topological polar surface area (TPSA) is 61.7 Å². The van der Waals surface area contributed by atoms with Gasteiger partial charge in [-0.15, -0.1) is 0 Å². The Morgan fingerprint density at radius 3 is 1.74 bits per heavy atom. The van der Waals surface area contributed by atoms with Gasteiger partial charge < -0.3 is 13.6 Å². The van der Waals surface area contributed by atoms with Crippen molar-refractivity contribution in [1.82, 2.24) is 24.1 Å². The van der Waals surface area contributed by atoms with Crippen LogP contribution in [0.4, 0.5) is 0 Å². The third kappa shape index (κ3) is 5.06. The van der Waals surface area contributed by atoms with Gasteiger partial charge in [-0.25, -0.2) is 15.0 Å². The van der Waals surface area contributed by atoms with E-state index in [1.54, 1.807) is 0 Å². The van der Waals surface area contributed by atoms with E-state index in [0.29, 0.717) is 17.5 Å². The van der Waals surface area contributed by atoms with Gasteiger partial charge in [0.1, 0.15) is 11.3 Å². The summed E-state index contributed by atoms with van der Waals surface area (Å²) in [4.78, 5) is 16.2. The van der Waals surface area contributed by atoms with Gasteiger partial charge in [-0.05, 0) is 71.4 Å². The first-order chi connectivity index (χ1) is 30.3. The van der Waals surface area contributed by atoms with Crippen LogP contribution in [0.1, 0.15) is 0 Å². The van der Waals surface area contributed by atoms with Crippen LogP contribution < -0.4 is 0 Å². The van der Waals surface area contributed by atoms with Crippen molar-refractivity contribution >= 4 is 76.3 Å². The summed E-state index contributed by atoms with van der Waals surface area (Å²) in [6, 6.07) is 70.1. The summed E-state index contributed by atoms with van der Waals surface area (Å²) in [6.07, 6.45) is 0. The van der Waals surface area contributed by atoms with Crippen molar-refractivity contribution in [1.29, 1.82) is 0 Å². The maximum absolute atomic E-state index is 6.95. The molecule has 0 aliphatic rings. The summed E-state index contributed by atoms with van der Waals surface area (Å²) < 4.78 is 11.6. The van der Waals surface area contributed by atoms with Crippen LogP contribution in [0.5, 0.6) is 0 Å². The molecule has 0 aliphatic heterocycles. The molecule has 4 heterocycles. The number of aromatic nitrogens is 5. The highest BCUT2D eigenvalue weighted by Gasteiger charge is 2.26. The SMILES string of the molecule is c1ccc(-c2nc(-c3ccc4c(oc5ccccc54)c3-n3c4ccccc4c4cc5ccccc5cc43)nc(-c3cccc4c5ccccc5n(-c5ccccc5)c34)n2)cc1. The fourth-order valence-corrected chi connectivity index (χ4v) is 9.45. The van der Waals surface area contributed by atoms with Crippen molar-refractivity contribution in [3.8, 4) is 45.5 Å². The molecule has 0 aliphatic carbocycles. The minimum atomic E-state index is 0.548. The van der Waals surface area contributed by atoms with E-state index >= 15 is 0 Å². The quantitative estimate of drug-likeness (QED) is 0.175. The van der Waals surface area contributed by atoms with E-state index in [1.807, 2.05) is 30.3 Å². The van der Waals surface area contributed by atoms with Crippen molar-refractivity contribution in [2.45, 2.75) is 0 Å². The van der Waals surface area contributed by atoms with E-state index in [2.05, 4.69) is 179 Å². The molecular formula is C55H33N5O. The van der Waals surface area contributed by atoms with Gasteiger partial charge in [-0.2, -0.15) is 0 Å². The Labute approximate surface area is 349 Å². The Morgan fingerprint density at radius 2 is 0.951 bits per heavy atom. The summed E-state index contributed by atoms with van der Waals surface area (Å²) in [5.41, 5.74) is 10.5. The van der Waals surface area contributed by atoms with Crippen molar-refractivity contribution in [2.24, 2.45) is 0 Å². The molecule has 0 saturated carbocycles. The second kappa shape index (κ2) is 13.1. The number of hydrogen-bond donors (Lipinski definition) is 0. The van der Waals surface area contributed by atoms with Crippen LogP contribution in [0.25, 0.3) is 122 Å². The number of fused-ring (bicyclic) bond motifs is 10. The molecule has 4 aromatic heterocycles. The first kappa shape index (κ1) is 33.6. The maximum Gasteiger partial charge on any atom is 0.166 e. The summed E-state index contributed by atoms with van der Waals surface area (Å²) in [6.45, 7) is 0. The molecule has 0 spiro atoms. The van der Waals surface area contributed by atoms with Crippen molar-refractivity contribution in [3.63, 3.8) is 0 Å². The second-order valence-corrected chi connectivity index (χ2v) is 15.6. The van der Waals surface area contributed by atoms with Gasteiger partial charge in [0.2, 0.25) is 0 Å². The zero-order chi connectivity index (χ0) is 40.0. The summed E-state index contributed by atoms with van der Waals surface area (Å²) in [5, 5.41) is 9.04. The van der Waals surface area contributed by atoms with E-state index in [9.17, 15) is 0 Å². The standard InChI is InChI=1S/C55H33N5O/c1-3-16-34(17-4-1)53-56-54(43-26-15-25-41-38-22-9-12-27-46(38)59(50(41)43)37-20-5-2-6-21-37)58-55(57-53)44-31-30-42-40-24-11-14-29-49(40)61-52(42)51(44)60-47-28-13-10-23-39(47)45-32-35-18-7-8-19-36(35)33-48(45)60/h1-33H. The summed E-state index contributed by atoms with van der Waals surface area (Å²) in [7, 11) is 0. The number of nitrogens with zero attached hydrogens (tertiary/aromatic N) is 5. The van der Waals surface area contributed by atoms with Crippen molar-refractivity contribution < 1.29 is 4.42 Å². The Kier molecular flexibility index (Phi) is 7.21. The number of hydrogen-bond acceptors (Lipinski definition) is 4. The number of benzene rings is 9.